The molecule has 0 radical (unpaired) electrons. The van der Waals surface area contributed by atoms with Gasteiger partial charge in [0.1, 0.15) is 5.76 Å². The van der Waals surface area contributed by atoms with E-state index >= 15 is 0 Å². The Morgan fingerprint density at radius 3 is 2.70 bits per heavy atom. The zero-order chi connectivity index (χ0) is 14.7. The van der Waals surface area contributed by atoms with E-state index < -0.39 is 5.97 Å². The van der Waals surface area contributed by atoms with Crippen LogP contribution in [0.5, 0.6) is 0 Å². The van der Waals surface area contributed by atoms with E-state index in [9.17, 15) is 14.7 Å². The van der Waals surface area contributed by atoms with Gasteiger partial charge >= 0.3 is 5.97 Å². The largest absolute Gasteiger partial charge is 0.507 e. The van der Waals surface area contributed by atoms with Crippen LogP contribution in [-0.4, -0.2) is 24.1 Å². The highest BCUT2D eigenvalue weighted by Gasteiger charge is 2.24. The SMILES string of the molecule is COC(=O)C1=C(O)c2c(cccc2NC(C)=O)CCC1. The second kappa shape index (κ2) is 5.77. The van der Waals surface area contributed by atoms with E-state index in [1.54, 1.807) is 6.07 Å². The average molecular weight is 275 g/mol. The Hall–Kier alpha value is -2.30. The molecule has 0 aliphatic heterocycles. The first-order chi connectivity index (χ1) is 9.54. The van der Waals surface area contributed by atoms with E-state index in [-0.39, 0.29) is 17.2 Å². The molecular weight excluding hydrogens is 258 g/mol. The van der Waals surface area contributed by atoms with Gasteiger partial charge in [0, 0.05) is 12.5 Å². The zero-order valence-corrected chi connectivity index (χ0v) is 11.5. The van der Waals surface area contributed by atoms with Gasteiger partial charge < -0.3 is 15.2 Å². The minimum absolute atomic E-state index is 0.103. The molecule has 5 nitrogen and oxygen atoms in total. The summed E-state index contributed by atoms with van der Waals surface area (Å²) in [5.74, 6) is -0.864. The van der Waals surface area contributed by atoms with Crippen molar-refractivity contribution < 1.29 is 19.4 Å². The van der Waals surface area contributed by atoms with E-state index in [0.29, 0.717) is 17.7 Å². The molecule has 5 heteroatoms. The van der Waals surface area contributed by atoms with Crippen molar-refractivity contribution in [3.8, 4) is 0 Å². The summed E-state index contributed by atoms with van der Waals surface area (Å²) in [5, 5.41) is 13.1. The van der Waals surface area contributed by atoms with Crippen molar-refractivity contribution in [3.05, 3.63) is 34.9 Å². The highest BCUT2D eigenvalue weighted by atomic mass is 16.5. The molecule has 0 aromatic heterocycles. The molecule has 0 unspecified atom stereocenters. The fraction of sp³-hybridized carbons (Fsp3) is 0.333. The first kappa shape index (κ1) is 14.1. The minimum atomic E-state index is -0.534. The molecule has 0 saturated carbocycles. The number of nitrogens with one attached hydrogen (secondary N) is 1. The summed E-state index contributed by atoms with van der Waals surface area (Å²) in [5.41, 5.74) is 2.19. The zero-order valence-electron chi connectivity index (χ0n) is 11.5. The number of carbonyl (C=O) groups excluding carboxylic acids is 2. The lowest BCUT2D eigenvalue weighted by molar-refractivity contribution is -0.136. The molecule has 20 heavy (non-hydrogen) atoms. The maximum Gasteiger partial charge on any atom is 0.337 e. The molecule has 1 aromatic carbocycles. The Morgan fingerprint density at radius 2 is 2.05 bits per heavy atom. The van der Waals surface area contributed by atoms with Crippen molar-refractivity contribution in [2.24, 2.45) is 0 Å². The fourth-order valence-corrected chi connectivity index (χ4v) is 2.43. The molecular formula is C15H17NO4. The van der Waals surface area contributed by atoms with Crippen LogP contribution in [0, 0.1) is 0 Å². The van der Waals surface area contributed by atoms with Gasteiger partial charge in [-0.2, -0.15) is 0 Å². The third-order valence-corrected chi connectivity index (χ3v) is 3.29. The first-order valence-electron chi connectivity index (χ1n) is 6.45. The van der Waals surface area contributed by atoms with Crippen LogP contribution >= 0.6 is 0 Å². The fourth-order valence-electron chi connectivity index (χ4n) is 2.43. The molecule has 0 spiro atoms. The predicted molar refractivity (Wildman–Crippen MR) is 75.2 cm³/mol. The number of ether oxygens (including phenoxy) is 1. The second-order valence-corrected chi connectivity index (χ2v) is 4.69. The monoisotopic (exact) mass is 275 g/mol. The molecule has 1 aliphatic rings. The van der Waals surface area contributed by atoms with Crippen LogP contribution in [0.15, 0.2) is 23.8 Å². The molecule has 2 rings (SSSR count). The van der Waals surface area contributed by atoms with Gasteiger partial charge in [0.25, 0.3) is 0 Å². The highest BCUT2D eigenvalue weighted by molar-refractivity contribution is 6.00. The van der Waals surface area contributed by atoms with Crippen LogP contribution in [0.1, 0.15) is 30.9 Å². The van der Waals surface area contributed by atoms with Crippen molar-refractivity contribution in [1.29, 1.82) is 0 Å². The Labute approximate surface area is 117 Å². The lowest BCUT2D eigenvalue weighted by Gasteiger charge is -2.13. The Morgan fingerprint density at radius 1 is 1.30 bits per heavy atom. The van der Waals surface area contributed by atoms with Crippen molar-refractivity contribution in [3.63, 3.8) is 0 Å². The molecule has 0 fully saturated rings. The van der Waals surface area contributed by atoms with Gasteiger partial charge in [-0.1, -0.05) is 12.1 Å². The summed E-state index contributed by atoms with van der Waals surface area (Å²) < 4.78 is 4.71. The van der Waals surface area contributed by atoms with Gasteiger partial charge in [-0.25, -0.2) is 4.79 Å². The quantitative estimate of drug-likeness (QED) is 0.813. The maximum atomic E-state index is 11.7. The smallest absolute Gasteiger partial charge is 0.337 e. The van der Waals surface area contributed by atoms with Gasteiger partial charge in [-0.3, -0.25) is 4.79 Å². The third kappa shape index (κ3) is 2.66. The Kier molecular flexibility index (Phi) is 4.08. The van der Waals surface area contributed by atoms with E-state index in [1.807, 2.05) is 12.1 Å². The van der Waals surface area contributed by atoms with Crippen LogP contribution in [-0.2, 0) is 20.7 Å². The summed E-state index contributed by atoms with van der Waals surface area (Å²) in [4.78, 5) is 23.0. The number of methoxy groups -OCH3 is 1. The molecule has 1 aliphatic carbocycles. The van der Waals surface area contributed by atoms with Crippen molar-refractivity contribution in [1.82, 2.24) is 0 Å². The summed E-state index contributed by atoms with van der Waals surface area (Å²) in [6.07, 6.45) is 1.92. The van der Waals surface area contributed by atoms with Gasteiger partial charge in [0.05, 0.1) is 18.4 Å². The Bertz CT molecular complexity index is 590. The number of amides is 1. The number of benzene rings is 1. The number of anilines is 1. The number of aliphatic hydroxyl groups is 1. The van der Waals surface area contributed by atoms with E-state index in [1.165, 1.54) is 14.0 Å². The van der Waals surface area contributed by atoms with Crippen LogP contribution in [0.2, 0.25) is 0 Å². The minimum Gasteiger partial charge on any atom is -0.507 e. The van der Waals surface area contributed by atoms with Crippen LogP contribution in [0.3, 0.4) is 0 Å². The third-order valence-electron chi connectivity index (χ3n) is 3.29. The van der Waals surface area contributed by atoms with Gasteiger partial charge in [-0.15, -0.1) is 0 Å². The second-order valence-electron chi connectivity index (χ2n) is 4.69. The highest BCUT2D eigenvalue weighted by Crippen LogP contribution is 2.34. The van der Waals surface area contributed by atoms with Crippen LogP contribution in [0.25, 0.3) is 5.76 Å². The summed E-state index contributed by atoms with van der Waals surface area (Å²) >= 11 is 0. The van der Waals surface area contributed by atoms with Crippen molar-refractivity contribution in [2.45, 2.75) is 26.2 Å². The van der Waals surface area contributed by atoms with E-state index in [4.69, 9.17) is 4.74 Å². The number of fused-ring (bicyclic) bond motifs is 1. The molecule has 2 N–H and O–H groups in total. The lowest BCUT2D eigenvalue weighted by Crippen LogP contribution is -2.11. The normalized spacial score (nSPS) is 14.3. The average Bonchev–Trinajstić information content (AvgIpc) is 2.57. The van der Waals surface area contributed by atoms with E-state index in [0.717, 1.165) is 18.4 Å². The van der Waals surface area contributed by atoms with Gasteiger partial charge in [0.15, 0.2) is 0 Å². The van der Waals surface area contributed by atoms with Gasteiger partial charge in [-0.05, 0) is 30.9 Å². The van der Waals surface area contributed by atoms with Crippen molar-refractivity contribution >= 4 is 23.3 Å². The molecule has 0 heterocycles. The number of carbonyl (C=O) groups is 2. The number of rotatable bonds is 2. The predicted octanol–water partition coefficient (Wildman–Crippen LogP) is 2.42. The number of esters is 1. The number of aliphatic hydroxyl groups excluding tert-OH is 1. The molecule has 0 atom stereocenters. The summed E-state index contributed by atoms with van der Waals surface area (Å²) in [6, 6.07) is 5.41. The number of hydrogen-bond donors (Lipinski definition) is 2. The van der Waals surface area contributed by atoms with E-state index in [2.05, 4.69) is 5.32 Å². The van der Waals surface area contributed by atoms with Crippen LogP contribution < -0.4 is 5.32 Å². The summed E-state index contributed by atoms with van der Waals surface area (Å²) in [7, 11) is 1.29. The first-order valence-corrected chi connectivity index (χ1v) is 6.45. The molecule has 0 saturated heterocycles. The maximum absolute atomic E-state index is 11.7. The number of aryl methyl sites for hydroxylation is 1. The molecule has 0 bridgehead atoms. The topological polar surface area (TPSA) is 75.6 Å². The van der Waals surface area contributed by atoms with Gasteiger partial charge in [0.2, 0.25) is 5.91 Å². The standard InChI is InChI=1S/C15H17NO4/c1-9(17)16-12-8-4-6-10-5-3-7-11(15(19)20-2)14(18)13(10)12/h4,6,8,18H,3,5,7H2,1-2H3,(H,16,17). The van der Waals surface area contributed by atoms with Crippen LogP contribution in [0.4, 0.5) is 5.69 Å². The Balaban J connectivity index is 2.60. The number of hydrogen-bond acceptors (Lipinski definition) is 4. The summed E-state index contributed by atoms with van der Waals surface area (Å²) in [6.45, 7) is 1.40. The van der Waals surface area contributed by atoms with Crippen molar-refractivity contribution in [2.75, 3.05) is 12.4 Å². The lowest BCUT2D eigenvalue weighted by atomic mass is 10.0. The molecule has 1 aromatic rings. The molecule has 1 amide bonds. The molecule has 106 valence electrons.